The highest BCUT2D eigenvalue weighted by atomic mass is 79.9. The lowest BCUT2D eigenvalue weighted by molar-refractivity contribution is 0.0593. The number of nitrogens with zero attached hydrogens (tertiary/aromatic N) is 1. The number of rotatable bonds is 9. The molecule has 5 rings (SSSR count). The van der Waals surface area contributed by atoms with Gasteiger partial charge in [-0.15, -0.1) is 0 Å². The van der Waals surface area contributed by atoms with Crippen LogP contribution >= 0.6 is 15.9 Å². The lowest BCUT2D eigenvalue weighted by Gasteiger charge is -2.21. The van der Waals surface area contributed by atoms with Crippen LogP contribution in [0.4, 0.5) is 8.78 Å². The molecule has 0 bridgehead atoms. The van der Waals surface area contributed by atoms with Gasteiger partial charge in [0, 0.05) is 41.1 Å². The molecule has 0 aliphatic heterocycles. The number of amides is 1. The Morgan fingerprint density at radius 1 is 1.10 bits per heavy atom. The number of furan rings is 1. The number of hydrogen-bond donors (Lipinski definition) is 2. The van der Waals surface area contributed by atoms with Crippen LogP contribution in [-0.2, 0) is 29.1 Å². The molecule has 4 aromatic rings. The summed E-state index contributed by atoms with van der Waals surface area (Å²) in [4.78, 5) is 25.1. The summed E-state index contributed by atoms with van der Waals surface area (Å²) in [7, 11) is 2.64. The number of hydrogen-bond acceptors (Lipinski definition) is 5. The highest BCUT2D eigenvalue weighted by molar-refractivity contribution is 9.10. The zero-order chi connectivity index (χ0) is 29.4. The van der Waals surface area contributed by atoms with Gasteiger partial charge in [0.05, 0.1) is 12.7 Å². The molecule has 1 aliphatic carbocycles. The number of methoxy groups -OCH3 is 1. The first-order valence-corrected chi connectivity index (χ1v) is 14.5. The third kappa shape index (κ3) is 5.82. The first kappa shape index (κ1) is 29.1. The van der Waals surface area contributed by atoms with Crippen molar-refractivity contribution in [1.29, 1.82) is 0 Å². The molecule has 214 valence electrons. The highest BCUT2D eigenvalue weighted by Gasteiger charge is 2.31. The standard InChI is InChI=1S/C29H25BrF2N2O6S/c1-33-28(35)24-21-12-20(15-3-4-15)18(11-23(21)40-27(24)16-5-8-19(31)9-6-16)14-34(41(37)38)13-17-7-10-22(30)25(26(17)32)29(36)39-2/h5-12,15H,3-4,13-14H2,1-2H3,(H,33,35)(H,37,38). The van der Waals surface area contributed by atoms with Gasteiger partial charge >= 0.3 is 5.97 Å². The van der Waals surface area contributed by atoms with Crippen molar-refractivity contribution in [3.8, 4) is 11.3 Å². The minimum atomic E-state index is -2.50. The van der Waals surface area contributed by atoms with Gasteiger partial charge < -0.3 is 14.5 Å². The van der Waals surface area contributed by atoms with E-state index in [2.05, 4.69) is 26.0 Å². The Morgan fingerprint density at radius 2 is 1.78 bits per heavy atom. The molecule has 1 aromatic heterocycles. The summed E-state index contributed by atoms with van der Waals surface area (Å²) in [6, 6.07) is 12.1. The Kier molecular flexibility index (Phi) is 8.37. The maximum absolute atomic E-state index is 15.3. The second-order valence-electron chi connectivity index (χ2n) is 9.63. The molecule has 1 heterocycles. The number of ether oxygens (including phenoxy) is 1. The predicted molar refractivity (Wildman–Crippen MR) is 152 cm³/mol. The number of fused-ring (bicyclic) bond motifs is 1. The van der Waals surface area contributed by atoms with E-state index in [0.717, 1.165) is 29.8 Å². The van der Waals surface area contributed by atoms with E-state index in [-0.39, 0.29) is 46.3 Å². The quantitative estimate of drug-likeness (QED) is 0.163. The third-order valence-corrected chi connectivity index (χ3v) is 8.36. The van der Waals surface area contributed by atoms with Crippen molar-refractivity contribution < 1.29 is 36.3 Å². The fraction of sp³-hybridized carbons (Fsp3) is 0.241. The molecule has 1 aliphatic rings. The van der Waals surface area contributed by atoms with E-state index in [9.17, 15) is 22.7 Å². The van der Waals surface area contributed by atoms with E-state index in [1.807, 2.05) is 6.07 Å². The molecule has 8 nitrogen and oxygen atoms in total. The van der Waals surface area contributed by atoms with E-state index < -0.39 is 28.9 Å². The van der Waals surface area contributed by atoms with Crippen LogP contribution in [0.5, 0.6) is 0 Å². The molecular weight excluding hydrogens is 622 g/mol. The smallest absolute Gasteiger partial charge is 0.342 e. The topological polar surface area (TPSA) is 109 Å². The van der Waals surface area contributed by atoms with E-state index in [4.69, 9.17) is 4.42 Å². The van der Waals surface area contributed by atoms with Crippen LogP contribution in [0.1, 0.15) is 56.2 Å². The Hall–Kier alpha value is -3.45. The molecule has 41 heavy (non-hydrogen) atoms. The van der Waals surface area contributed by atoms with Gasteiger partial charge in [0.15, 0.2) is 0 Å². The van der Waals surface area contributed by atoms with Gasteiger partial charge in [-0.05, 0) is 88.3 Å². The molecule has 2 N–H and O–H groups in total. The number of benzene rings is 3. The molecule has 1 saturated carbocycles. The molecule has 0 radical (unpaired) electrons. The molecule has 1 amide bonds. The molecule has 1 unspecified atom stereocenters. The fourth-order valence-electron chi connectivity index (χ4n) is 4.82. The second-order valence-corrected chi connectivity index (χ2v) is 11.5. The van der Waals surface area contributed by atoms with Crippen LogP contribution in [0, 0.1) is 11.6 Å². The number of carbonyl (C=O) groups excluding carboxylic acids is 2. The van der Waals surface area contributed by atoms with Gasteiger partial charge in [0.1, 0.15) is 28.5 Å². The highest BCUT2D eigenvalue weighted by Crippen LogP contribution is 2.45. The molecule has 12 heteroatoms. The minimum absolute atomic E-state index is 0.0311. The normalized spacial score (nSPS) is 13.9. The molecule has 3 aromatic carbocycles. The Labute approximate surface area is 245 Å². The van der Waals surface area contributed by atoms with Crippen molar-refractivity contribution in [2.75, 3.05) is 14.2 Å². The lowest BCUT2D eigenvalue weighted by atomic mass is 9.97. The molecule has 1 atom stereocenters. The van der Waals surface area contributed by atoms with Crippen LogP contribution in [-0.4, -0.2) is 39.1 Å². The van der Waals surface area contributed by atoms with Crippen LogP contribution in [0.15, 0.2) is 57.4 Å². The zero-order valence-corrected chi connectivity index (χ0v) is 24.4. The van der Waals surface area contributed by atoms with Crippen molar-refractivity contribution in [2.24, 2.45) is 0 Å². The lowest BCUT2D eigenvalue weighted by Crippen LogP contribution is -2.26. The Bertz CT molecular complexity index is 1690. The van der Waals surface area contributed by atoms with Crippen molar-refractivity contribution in [2.45, 2.75) is 31.8 Å². The third-order valence-electron chi connectivity index (χ3n) is 7.00. The van der Waals surface area contributed by atoms with Gasteiger partial charge in [-0.1, -0.05) is 6.07 Å². The van der Waals surface area contributed by atoms with E-state index in [0.29, 0.717) is 27.7 Å². The minimum Gasteiger partial charge on any atom is -0.465 e. The van der Waals surface area contributed by atoms with Crippen molar-refractivity contribution >= 4 is 50.0 Å². The van der Waals surface area contributed by atoms with Crippen molar-refractivity contribution in [3.63, 3.8) is 0 Å². The first-order valence-electron chi connectivity index (χ1n) is 12.6. The molecule has 0 spiro atoms. The summed E-state index contributed by atoms with van der Waals surface area (Å²) in [6.07, 6.45) is 1.81. The van der Waals surface area contributed by atoms with Gasteiger partial charge in [0.25, 0.3) is 5.91 Å². The summed E-state index contributed by atoms with van der Waals surface area (Å²) in [6.45, 7) is -0.327. The predicted octanol–water partition coefficient (Wildman–Crippen LogP) is 6.30. The number of carbonyl (C=O) groups is 2. The number of nitrogens with one attached hydrogen (secondary N) is 1. The largest absolute Gasteiger partial charge is 0.465 e. The second kappa shape index (κ2) is 11.8. The van der Waals surface area contributed by atoms with Crippen LogP contribution in [0.3, 0.4) is 0 Å². The summed E-state index contributed by atoms with van der Waals surface area (Å²) >= 11 is 0.646. The van der Waals surface area contributed by atoms with E-state index >= 15 is 4.39 Å². The van der Waals surface area contributed by atoms with Crippen molar-refractivity contribution in [3.05, 3.63) is 92.5 Å². The number of halogens is 3. The van der Waals surface area contributed by atoms with E-state index in [1.54, 1.807) is 6.07 Å². The van der Waals surface area contributed by atoms with Gasteiger partial charge in [0.2, 0.25) is 11.3 Å². The zero-order valence-electron chi connectivity index (χ0n) is 22.0. The van der Waals surface area contributed by atoms with Gasteiger partial charge in [-0.25, -0.2) is 17.8 Å². The van der Waals surface area contributed by atoms with Crippen LogP contribution in [0.2, 0.25) is 0 Å². The van der Waals surface area contributed by atoms with Crippen LogP contribution in [0.25, 0.3) is 22.3 Å². The van der Waals surface area contributed by atoms with Gasteiger partial charge in [-0.3, -0.25) is 9.35 Å². The first-order chi connectivity index (χ1) is 19.6. The summed E-state index contributed by atoms with van der Waals surface area (Å²) < 4.78 is 63.6. The molecular formula is C29H25BrF2N2O6S. The SMILES string of the molecule is CNC(=O)c1c(-c2ccc(F)cc2)oc2cc(CN(Cc3ccc(Br)c(C(=O)OC)c3F)S(=O)O)c(C3CC3)cc12. The summed E-state index contributed by atoms with van der Waals surface area (Å²) in [5.74, 6) is -2.08. The maximum Gasteiger partial charge on any atom is 0.342 e. The van der Waals surface area contributed by atoms with Crippen molar-refractivity contribution in [1.82, 2.24) is 9.62 Å². The summed E-state index contributed by atoms with van der Waals surface area (Å²) in [5, 5.41) is 3.20. The van der Waals surface area contributed by atoms with Gasteiger partial charge in [-0.2, -0.15) is 4.31 Å². The average Bonchev–Trinajstić information content (AvgIpc) is 3.73. The molecule has 1 fully saturated rings. The Balaban J connectivity index is 1.58. The number of esters is 1. The summed E-state index contributed by atoms with van der Waals surface area (Å²) in [5.41, 5.74) is 2.47. The monoisotopic (exact) mass is 646 g/mol. The average molecular weight is 647 g/mol. The fourth-order valence-corrected chi connectivity index (χ4v) is 5.79. The van der Waals surface area contributed by atoms with Crippen LogP contribution < -0.4 is 5.32 Å². The molecule has 0 saturated heterocycles. The maximum atomic E-state index is 15.3. The van der Waals surface area contributed by atoms with E-state index in [1.165, 1.54) is 43.4 Å². The Morgan fingerprint density at radius 3 is 2.39 bits per heavy atom.